The number of nitrogen functional groups attached to an aromatic ring is 2. The highest BCUT2D eigenvalue weighted by Crippen LogP contribution is 1.94. The lowest BCUT2D eigenvalue weighted by Crippen LogP contribution is -1.99. The van der Waals surface area contributed by atoms with Gasteiger partial charge in [0.25, 0.3) is 0 Å². The molecule has 4 N–H and O–H groups in total. The fourth-order valence-electron chi connectivity index (χ4n) is 0.388. The second-order valence-corrected chi connectivity index (χ2v) is 2.68. The maximum atomic E-state index is 5.23. The zero-order valence-electron chi connectivity index (χ0n) is 7.65. The van der Waals surface area contributed by atoms with E-state index in [2.05, 4.69) is 9.97 Å². The monoisotopic (exact) mass is 169 g/mol. The van der Waals surface area contributed by atoms with Gasteiger partial charge in [0, 0.05) is 6.20 Å². The molecule has 5 heteroatoms. The third kappa shape index (κ3) is 6.76. The lowest BCUT2D eigenvalue weighted by atomic mass is 10.6. The van der Waals surface area contributed by atoms with Crippen molar-refractivity contribution in [3.63, 3.8) is 0 Å². The van der Waals surface area contributed by atoms with Crippen molar-refractivity contribution >= 4 is 11.8 Å². The van der Waals surface area contributed by atoms with Crippen molar-refractivity contribution in [1.29, 1.82) is 0 Å². The number of hydrogen-bond acceptors (Lipinski definition) is 5. The molecule has 1 heterocycles. The lowest BCUT2D eigenvalue weighted by molar-refractivity contribution is 0.505. The summed E-state index contributed by atoms with van der Waals surface area (Å²) in [6, 6.07) is 1.58. The van der Waals surface area contributed by atoms with E-state index >= 15 is 0 Å². The molecule has 0 saturated carbocycles. The van der Waals surface area contributed by atoms with Crippen molar-refractivity contribution in [2.45, 2.75) is 0 Å². The summed E-state index contributed by atoms with van der Waals surface area (Å²) >= 11 is 0. The Morgan fingerprint density at radius 2 is 1.75 bits per heavy atom. The van der Waals surface area contributed by atoms with Gasteiger partial charge in [0.1, 0.15) is 5.82 Å². The van der Waals surface area contributed by atoms with Crippen LogP contribution in [0.25, 0.3) is 0 Å². The van der Waals surface area contributed by atoms with Crippen molar-refractivity contribution in [3.05, 3.63) is 12.3 Å². The zero-order chi connectivity index (χ0) is 9.56. The molecule has 12 heavy (non-hydrogen) atoms. The number of nitrogens with zero attached hydrogens (tertiary/aromatic N) is 3. The summed E-state index contributed by atoms with van der Waals surface area (Å²) in [5.41, 5.74) is 10.4. The van der Waals surface area contributed by atoms with E-state index in [1.54, 1.807) is 6.07 Å². The Bertz CT molecular complexity index is 203. The second kappa shape index (κ2) is 5.31. The lowest BCUT2D eigenvalue weighted by Gasteiger charge is -1.90. The van der Waals surface area contributed by atoms with Gasteiger partial charge in [-0.3, -0.25) is 0 Å². The third-order valence-corrected chi connectivity index (χ3v) is 0.696. The minimum Gasteiger partial charge on any atom is -0.384 e. The van der Waals surface area contributed by atoms with Crippen LogP contribution in [0.2, 0.25) is 0 Å². The molecule has 1 aromatic rings. The summed E-state index contributed by atoms with van der Waals surface area (Å²) in [6.07, 6.45) is 1.51. The van der Waals surface area contributed by atoms with Crippen LogP contribution in [0.15, 0.2) is 12.3 Å². The number of hydrogen-bond donors (Lipinski definition) is 2. The average molecular weight is 169 g/mol. The number of nitrogens with two attached hydrogens (primary N) is 2. The Labute approximate surface area is 72.4 Å². The second-order valence-electron chi connectivity index (χ2n) is 2.68. The quantitative estimate of drug-likeness (QED) is 0.563. The first kappa shape index (κ1) is 10.6. The summed E-state index contributed by atoms with van der Waals surface area (Å²) in [7, 11) is 6.00. The molecule has 0 spiro atoms. The fourth-order valence-corrected chi connectivity index (χ4v) is 0.388. The van der Waals surface area contributed by atoms with Crippen LogP contribution in [-0.2, 0) is 0 Å². The van der Waals surface area contributed by atoms with Gasteiger partial charge in [0.2, 0.25) is 5.95 Å². The molecule has 5 nitrogen and oxygen atoms in total. The van der Waals surface area contributed by atoms with E-state index in [0.717, 1.165) is 0 Å². The Kier molecular flexibility index (Phi) is 4.71. The molecule has 0 fully saturated rings. The Morgan fingerprint density at radius 1 is 1.25 bits per heavy atom. The smallest absolute Gasteiger partial charge is 0.221 e. The van der Waals surface area contributed by atoms with Gasteiger partial charge in [-0.1, -0.05) is 0 Å². The molecule has 0 amide bonds. The SMILES string of the molecule is CN(C)C.Nc1ccnc(N)n1. The van der Waals surface area contributed by atoms with Crippen LogP contribution >= 0.6 is 0 Å². The molecule has 1 rings (SSSR count). The highest BCUT2D eigenvalue weighted by molar-refractivity contribution is 5.31. The maximum absolute atomic E-state index is 5.23. The van der Waals surface area contributed by atoms with Crippen molar-refractivity contribution in [1.82, 2.24) is 14.9 Å². The molecule has 1 aromatic heterocycles. The van der Waals surface area contributed by atoms with E-state index in [9.17, 15) is 0 Å². The van der Waals surface area contributed by atoms with Gasteiger partial charge in [-0.2, -0.15) is 4.98 Å². The van der Waals surface area contributed by atoms with Gasteiger partial charge in [-0.05, 0) is 27.2 Å². The van der Waals surface area contributed by atoms with E-state index in [0.29, 0.717) is 5.82 Å². The molecule has 0 radical (unpaired) electrons. The van der Waals surface area contributed by atoms with Gasteiger partial charge in [-0.15, -0.1) is 0 Å². The van der Waals surface area contributed by atoms with Crippen LogP contribution in [0.3, 0.4) is 0 Å². The summed E-state index contributed by atoms with van der Waals surface area (Å²) in [5.74, 6) is 0.613. The van der Waals surface area contributed by atoms with E-state index in [1.165, 1.54) is 6.20 Å². The topological polar surface area (TPSA) is 81.1 Å². The number of aromatic nitrogens is 2. The summed E-state index contributed by atoms with van der Waals surface area (Å²) in [6.45, 7) is 0. The van der Waals surface area contributed by atoms with Crippen molar-refractivity contribution < 1.29 is 0 Å². The molecule has 0 aliphatic carbocycles. The summed E-state index contributed by atoms with van der Waals surface area (Å²) < 4.78 is 0. The minimum atomic E-state index is 0.213. The predicted octanol–water partition coefficient (Wildman–Crippen LogP) is -0.181. The highest BCUT2D eigenvalue weighted by Gasteiger charge is 1.84. The first-order valence-corrected chi connectivity index (χ1v) is 3.47. The molecule has 0 saturated heterocycles. The van der Waals surface area contributed by atoms with E-state index < -0.39 is 0 Å². The zero-order valence-corrected chi connectivity index (χ0v) is 7.65. The number of rotatable bonds is 0. The molecule has 0 aliphatic heterocycles. The van der Waals surface area contributed by atoms with Crippen LogP contribution in [0.4, 0.5) is 11.8 Å². The third-order valence-electron chi connectivity index (χ3n) is 0.696. The van der Waals surface area contributed by atoms with Crippen LogP contribution < -0.4 is 11.5 Å². The molecule has 68 valence electrons. The first-order chi connectivity index (χ1) is 5.52. The van der Waals surface area contributed by atoms with Crippen molar-refractivity contribution in [2.24, 2.45) is 0 Å². The predicted molar refractivity (Wildman–Crippen MR) is 50.5 cm³/mol. The Balaban J connectivity index is 0.000000261. The Hall–Kier alpha value is -1.36. The van der Waals surface area contributed by atoms with Gasteiger partial charge in [-0.25, -0.2) is 4.98 Å². The summed E-state index contributed by atoms with van der Waals surface area (Å²) in [4.78, 5) is 9.24. The standard InChI is InChI=1S/C4H6N4.C3H9N/c5-3-1-2-7-4(6)8-3;1-4(2)3/h1-2H,(H4,5,6,7,8);1-3H3. The molecular weight excluding hydrogens is 154 g/mol. The van der Waals surface area contributed by atoms with Crippen LogP contribution in [0.5, 0.6) is 0 Å². The van der Waals surface area contributed by atoms with E-state index in [-0.39, 0.29) is 5.95 Å². The largest absolute Gasteiger partial charge is 0.384 e. The number of anilines is 2. The van der Waals surface area contributed by atoms with Crippen LogP contribution in [-0.4, -0.2) is 36.0 Å². The average Bonchev–Trinajstić information content (AvgIpc) is 1.84. The highest BCUT2D eigenvalue weighted by atomic mass is 15.0. The van der Waals surface area contributed by atoms with Crippen LogP contribution in [0.1, 0.15) is 0 Å². The van der Waals surface area contributed by atoms with Gasteiger partial charge in [0.15, 0.2) is 0 Å². The molecule has 0 aromatic carbocycles. The first-order valence-electron chi connectivity index (χ1n) is 3.47. The normalized spacial score (nSPS) is 9.00. The van der Waals surface area contributed by atoms with Gasteiger partial charge in [0.05, 0.1) is 0 Å². The van der Waals surface area contributed by atoms with Crippen LogP contribution in [0, 0.1) is 0 Å². The van der Waals surface area contributed by atoms with Crippen molar-refractivity contribution in [2.75, 3.05) is 32.6 Å². The molecule has 0 atom stereocenters. The molecule has 0 bridgehead atoms. The van der Waals surface area contributed by atoms with E-state index in [4.69, 9.17) is 11.5 Å². The molecular formula is C7H15N5. The van der Waals surface area contributed by atoms with E-state index in [1.807, 2.05) is 26.0 Å². The molecule has 0 unspecified atom stereocenters. The van der Waals surface area contributed by atoms with Gasteiger partial charge < -0.3 is 16.4 Å². The van der Waals surface area contributed by atoms with Crippen molar-refractivity contribution in [3.8, 4) is 0 Å². The fraction of sp³-hybridized carbons (Fsp3) is 0.429. The Morgan fingerprint density at radius 3 is 2.00 bits per heavy atom. The minimum absolute atomic E-state index is 0.213. The summed E-state index contributed by atoms with van der Waals surface area (Å²) in [5, 5.41) is 0. The maximum Gasteiger partial charge on any atom is 0.221 e. The van der Waals surface area contributed by atoms with Gasteiger partial charge >= 0.3 is 0 Å². The molecule has 0 aliphatic rings.